The largest absolute Gasteiger partial charge is 0.316 e. The predicted molar refractivity (Wildman–Crippen MR) is 74.2 cm³/mol. The number of nitrogens with one attached hydrogen (secondary N) is 1. The topological polar surface area (TPSA) is 15.3 Å². The lowest BCUT2D eigenvalue weighted by atomic mass is 9.73. The molecule has 1 unspecified atom stereocenters. The molecule has 2 nitrogen and oxygen atoms in total. The predicted octanol–water partition coefficient (Wildman–Crippen LogP) is 2.74. The van der Waals surface area contributed by atoms with E-state index in [9.17, 15) is 0 Å². The zero-order chi connectivity index (χ0) is 12.3. The molecule has 2 fully saturated rings. The number of hydrogen-bond acceptors (Lipinski definition) is 2. The second-order valence-electron chi connectivity index (χ2n) is 6.43. The second-order valence-corrected chi connectivity index (χ2v) is 6.43. The van der Waals surface area contributed by atoms with Crippen LogP contribution in [0.4, 0.5) is 0 Å². The van der Waals surface area contributed by atoms with E-state index in [1.165, 1.54) is 51.9 Å². The van der Waals surface area contributed by atoms with Crippen molar-refractivity contribution in [2.45, 2.75) is 52.5 Å². The van der Waals surface area contributed by atoms with Crippen molar-refractivity contribution in [1.82, 2.24) is 10.2 Å². The molecule has 1 saturated carbocycles. The fraction of sp³-hybridized carbons (Fsp3) is 1.00. The summed E-state index contributed by atoms with van der Waals surface area (Å²) >= 11 is 0. The average molecular weight is 238 g/mol. The number of hydrogen-bond donors (Lipinski definition) is 1. The lowest BCUT2D eigenvalue weighted by Gasteiger charge is -2.46. The molecule has 0 amide bonds. The van der Waals surface area contributed by atoms with Crippen LogP contribution in [-0.2, 0) is 0 Å². The minimum Gasteiger partial charge on any atom is -0.316 e. The van der Waals surface area contributed by atoms with Crippen LogP contribution in [-0.4, -0.2) is 37.1 Å². The minimum atomic E-state index is 0.890. The highest BCUT2D eigenvalue weighted by molar-refractivity contribution is 4.89. The summed E-state index contributed by atoms with van der Waals surface area (Å²) in [6, 6.07) is 0.898. The highest BCUT2D eigenvalue weighted by Crippen LogP contribution is 2.37. The maximum atomic E-state index is 3.54. The monoisotopic (exact) mass is 238 g/mol. The molecule has 1 atom stereocenters. The number of piperidine rings is 1. The Labute approximate surface area is 107 Å². The average Bonchev–Trinajstić information content (AvgIpc) is 2.26. The summed E-state index contributed by atoms with van der Waals surface area (Å²) in [4.78, 5) is 2.75. The van der Waals surface area contributed by atoms with Gasteiger partial charge in [-0.1, -0.05) is 20.8 Å². The highest BCUT2D eigenvalue weighted by atomic mass is 15.2. The molecule has 1 aliphatic heterocycles. The van der Waals surface area contributed by atoms with Gasteiger partial charge in [-0.05, 0) is 63.1 Å². The molecule has 1 aliphatic carbocycles. The molecule has 0 radical (unpaired) electrons. The van der Waals surface area contributed by atoms with Gasteiger partial charge in [0.15, 0.2) is 0 Å². The molecule has 1 N–H and O–H groups in total. The van der Waals surface area contributed by atoms with Gasteiger partial charge in [0.05, 0.1) is 0 Å². The Morgan fingerprint density at radius 3 is 2.59 bits per heavy atom. The maximum Gasteiger partial charge on any atom is 0.0101 e. The zero-order valence-electron chi connectivity index (χ0n) is 11.9. The van der Waals surface area contributed by atoms with Crippen LogP contribution in [0.1, 0.15) is 46.5 Å². The van der Waals surface area contributed by atoms with E-state index in [0.29, 0.717) is 0 Å². The summed E-state index contributed by atoms with van der Waals surface area (Å²) in [6.07, 6.45) is 5.71. The molecule has 0 spiro atoms. The molecular formula is C15H30N2. The lowest BCUT2D eigenvalue weighted by Crippen LogP contribution is -2.49. The number of nitrogens with zero attached hydrogens (tertiary/aromatic N) is 1. The standard InChI is InChI=1S/C15H30N2/c1-4-17(11-13-6-5-7-16-10-13)15-8-14(9-15)12(2)3/h12-16H,4-11H2,1-3H3. The van der Waals surface area contributed by atoms with Crippen molar-refractivity contribution < 1.29 is 0 Å². The van der Waals surface area contributed by atoms with Gasteiger partial charge in [-0.15, -0.1) is 0 Å². The van der Waals surface area contributed by atoms with Gasteiger partial charge in [-0.25, -0.2) is 0 Å². The van der Waals surface area contributed by atoms with Crippen molar-refractivity contribution in [1.29, 1.82) is 0 Å². The third kappa shape index (κ3) is 3.45. The van der Waals surface area contributed by atoms with Gasteiger partial charge in [0, 0.05) is 12.6 Å². The second kappa shape index (κ2) is 6.19. The summed E-state index contributed by atoms with van der Waals surface area (Å²) in [5.41, 5.74) is 0. The van der Waals surface area contributed by atoms with Crippen LogP contribution in [0, 0.1) is 17.8 Å². The van der Waals surface area contributed by atoms with Gasteiger partial charge in [0.1, 0.15) is 0 Å². The van der Waals surface area contributed by atoms with E-state index in [2.05, 4.69) is 31.0 Å². The van der Waals surface area contributed by atoms with Gasteiger partial charge >= 0.3 is 0 Å². The normalized spacial score (nSPS) is 34.1. The van der Waals surface area contributed by atoms with Crippen molar-refractivity contribution in [3.8, 4) is 0 Å². The fourth-order valence-corrected chi connectivity index (χ4v) is 3.42. The van der Waals surface area contributed by atoms with E-state index in [1.807, 2.05) is 0 Å². The van der Waals surface area contributed by atoms with E-state index in [4.69, 9.17) is 0 Å². The Balaban J connectivity index is 1.73. The van der Waals surface area contributed by atoms with Crippen LogP contribution in [0.25, 0.3) is 0 Å². The van der Waals surface area contributed by atoms with Crippen LogP contribution in [0.5, 0.6) is 0 Å². The SMILES string of the molecule is CCN(CC1CCCNC1)C1CC(C(C)C)C1. The first-order chi connectivity index (χ1) is 8.20. The summed E-state index contributed by atoms with van der Waals surface area (Å²) in [5, 5.41) is 3.54. The molecule has 100 valence electrons. The Hall–Kier alpha value is -0.0800. The van der Waals surface area contributed by atoms with E-state index in [0.717, 1.165) is 23.8 Å². The van der Waals surface area contributed by atoms with Crippen LogP contribution in [0.3, 0.4) is 0 Å². The molecule has 0 aromatic carbocycles. The van der Waals surface area contributed by atoms with Crippen molar-refractivity contribution in [3.05, 3.63) is 0 Å². The molecule has 1 heterocycles. The number of rotatable bonds is 5. The van der Waals surface area contributed by atoms with Crippen LogP contribution < -0.4 is 5.32 Å². The van der Waals surface area contributed by atoms with Crippen LogP contribution in [0.15, 0.2) is 0 Å². The smallest absolute Gasteiger partial charge is 0.0101 e. The Kier molecular flexibility index (Phi) is 4.87. The van der Waals surface area contributed by atoms with Crippen molar-refractivity contribution >= 4 is 0 Å². The van der Waals surface area contributed by atoms with E-state index >= 15 is 0 Å². The minimum absolute atomic E-state index is 0.890. The molecule has 2 heteroatoms. The van der Waals surface area contributed by atoms with Crippen molar-refractivity contribution in [3.63, 3.8) is 0 Å². The third-order valence-electron chi connectivity index (χ3n) is 4.91. The summed E-state index contributed by atoms with van der Waals surface area (Å²) in [5.74, 6) is 2.79. The first-order valence-electron chi connectivity index (χ1n) is 7.65. The van der Waals surface area contributed by atoms with E-state index < -0.39 is 0 Å². The highest BCUT2D eigenvalue weighted by Gasteiger charge is 2.35. The van der Waals surface area contributed by atoms with Gasteiger partial charge in [-0.3, -0.25) is 0 Å². The summed E-state index contributed by atoms with van der Waals surface area (Å²) in [7, 11) is 0. The van der Waals surface area contributed by atoms with Crippen LogP contribution in [0.2, 0.25) is 0 Å². The zero-order valence-corrected chi connectivity index (χ0v) is 11.9. The van der Waals surface area contributed by atoms with Crippen molar-refractivity contribution in [2.75, 3.05) is 26.2 Å². The Bertz CT molecular complexity index is 215. The van der Waals surface area contributed by atoms with Gasteiger partial charge < -0.3 is 10.2 Å². The van der Waals surface area contributed by atoms with E-state index in [1.54, 1.807) is 0 Å². The first kappa shape index (κ1) is 13.4. The van der Waals surface area contributed by atoms with Gasteiger partial charge in [-0.2, -0.15) is 0 Å². The van der Waals surface area contributed by atoms with Gasteiger partial charge in [0.2, 0.25) is 0 Å². The van der Waals surface area contributed by atoms with Crippen molar-refractivity contribution in [2.24, 2.45) is 17.8 Å². The molecule has 1 saturated heterocycles. The Morgan fingerprint density at radius 2 is 2.06 bits per heavy atom. The molecule has 2 rings (SSSR count). The molecule has 2 aliphatic rings. The van der Waals surface area contributed by atoms with E-state index in [-0.39, 0.29) is 0 Å². The summed E-state index contributed by atoms with van der Waals surface area (Å²) in [6.45, 7) is 12.1. The molecule has 0 aromatic rings. The quantitative estimate of drug-likeness (QED) is 0.792. The maximum absolute atomic E-state index is 3.54. The summed E-state index contributed by atoms with van der Waals surface area (Å²) < 4.78 is 0. The lowest BCUT2D eigenvalue weighted by molar-refractivity contribution is 0.0451. The van der Waals surface area contributed by atoms with Crippen LogP contribution >= 0.6 is 0 Å². The van der Waals surface area contributed by atoms with Gasteiger partial charge in [0.25, 0.3) is 0 Å². The molecule has 0 aromatic heterocycles. The fourth-order valence-electron chi connectivity index (χ4n) is 3.42. The first-order valence-corrected chi connectivity index (χ1v) is 7.65. The Morgan fingerprint density at radius 1 is 1.29 bits per heavy atom. The molecular weight excluding hydrogens is 208 g/mol. The molecule has 17 heavy (non-hydrogen) atoms. The molecule has 0 bridgehead atoms. The third-order valence-corrected chi connectivity index (χ3v) is 4.91.